The maximum Gasteiger partial charge on any atom is 0.389 e. The van der Waals surface area contributed by atoms with Crippen LogP contribution in [-0.4, -0.2) is 17.2 Å². The van der Waals surface area contributed by atoms with Crippen LogP contribution in [0, 0.1) is 0 Å². The molecule has 3 nitrogen and oxygen atoms in total. The van der Waals surface area contributed by atoms with Crippen LogP contribution in [-0.2, 0) is 6.42 Å². The Bertz CT molecular complexity index is 340. The summed E-state index contributed by atoms with van der Waals surface area (Å²) < 4.78 is 37.0. The molecule has 0 aliphatic rings. The molecule has 1 rings (SSSR count). The second-order valence-corrected chi connectivity index (χ2v) is 4.60. The molecule has 0 aliphatic heterocycles. The van der Waals surface area contributed by atoms with Crippen LogP contribution in [0.15, 0.2) is 22.8 Å². The number of nitrogens with two attached hydrogens (primary N) is 1. The van der Waals surface area contributed by atoms with Crippen LogP contribution < -0.4 is 11.3 Å². The van der Waals surface area contributed by atoms with Gasteiger partial charge in [-0.2, -0.15) is 13.2 Å². The van der Waals surface area contributed by atoms with E-state index in [0.717, 1.165) is 4.47 Å². The summed E-state index contributed by atoms with van der Waals surface area (Å²) in [5.41, 5.74) is 3.09. The highest BCUT2D eigenvalue weighted by molar-refractivity contribution is 9.10. The third kappa shape index (κ3) is 5.99. The maximum absolute atomic E-state index is 12.1. The second kappa shape index (κ2) is 6.32. The fourth-order valence-corrected chi connectivity index (χ4v) is 1.60. The van der Waals surface area contributed by atoms with Crippen molar-refractivity contribution < 1.29 is 13.2 Å². The van der Waals surface area contributed by atoms with Crippen molar-refractivity contribution in [2.24, 2.45) is 5.84 Å². The zero-order chi connectivity index (χ0) is 12.9. The lowest BCUT2D eigenvalue weighted by molar-refractivity contribution is -0.136. The molecule has 1 aromatic heterocycles. The second-order valence-electron chi connectivity index (χ2n) is 3.69. The van der Waals surface area contributed by atoms with Gasteiger partial charge in [-0.15, -0.1) is 0 Å². The Morgan fingerprint density at radius 3 is 2.59 bits per heavy atom. The van der Waals surface area contributed by atoms with E-state index in [1.165, 1.54) is 0 Å². The summed E-state index contributed by atoms with van der Waals surface area (Å²) in [4.78, 5) is 4.09. The van der Waals surface area contributed by atoms with Gasteiger partial charge in [0.05, 0.1) is 0 Å². The monoisotopic (exact) mass is 311 g/mol. The van der Waals surface area contributed by atoms with Crippen molar-refractivity contribution in [2.75, 3.05) is 0 Å². The summed E-state index contributed by atoms with van der Waals surface area (Å²) in [6.45, 7) is 0. The number of hydrogen-bond acceptors (Lipinski definition) is 3. The van der Waals surface area contributed by atoms with E-state index in [-0.39, 0.29) is 6.42 Å². The zero-order valence-electron chi connectivity index (χ0n) is 8.97. The van der Waals surface area contributed by atoms with E-state index in [1.54, 1.807) is 18.3 Å². The highest BCUT2D eigenvalue weighted by atomic mass is 79.9. The van der Waals surface area contributed by atoms with Gasteiger partial charge in [-0.3, -0.25) is 16.3 Å². The molecule has 0 amide bonds. The molecule has 0 radical (unpaired) electrons. The normalized spacial score (nSPS) is 13.7. The highest BCUT2D eigenvalue weighted by Gasteiger charge is 2.28. The molecule has 0 aliphatic carbocycles. The molecular weight excluding hydrogens is 299 g/mol. The third-order valence-electron chi connectivity index (χ3n) is 2.26. The molecule has 0 fully saturated rings. The van der Waals surface area contributed by atoms with Crippen molar-refractivity contribution in [2.45, 2.75) is 31.5 Å². The molecule has 7 heteroatoms. The van der Waals surface area contributed by atoms with E-state index in [2.05, 4.69) is 26.3 Å². The van der Waals surface area contributed by atoms with Gasteiger partial charge < -0.3 is 0 Å². The Morgan fingerprint density at radius 1 is 1.41 bits per heavy atom. The van der Waals surface area contributed by atoms with Crippen molar-refractivity contribution in [1.82, 2.24) is 10.4 Å². The standard InChI is InChI=1S/C10H13BrF3N3/c11-7-1-2-8(16-6-7)5-9(17-15)3-4-10(12,13)14/h1-2,6,9,17H,3-5,15H2. The number of alkyl halides is 3. The average Bonchev–Trinajstić information content (AvgIpc) is 2.25. The van der Waals surface area contributed by atoms with E-state index in [4.69, 9.17) is 5.84 Å². The van der Waals surface area contributed by atoms with Crippen LogP contribution >= 0.6 is 15.9 Å². The van der Waals surface area contributed by atoms with Crippen molar-refractivity contribution in [3.8, 4) is 0 Å². The van der Waals surface area contributed by atoms with Crippen molar-refractivity contribution in [3.05, 3.63) is 28.5 Å². The Labute approximate surface area is 106 Å². The van der Waals surface area contributed by atoms with E-state index in [9.17, 15) is 13.2 Å². The number of pyridine rings is 1. The van der Waals surface area contributed by atoms with Gasteiger partial charge in [-0.05, 0) is 34.5 Å². The van der Waals surface area contributed by atoms with Gasteiger partial charge in [0.25, 0.3) is 0 Å². The molecule has 0 saturated carbocycles. The van der Waals surface area contributed by atoms with Crippen LogP contribution in [0.3, 0.4) is 0 Å². The Balaban J connectivity index is 2.49. The summed E-state index contributed by atoms with van der Waals surface area (Å²) in [6, 6.07) is 3.12. The first-order chi connectivity index (χ1) is 7.90. The zero-order valence-corrected chi connectivity index (χ0v) is 10.6. The minimum absolute atomic E-state index is 0.0578. The van der Waals surface area contributed by atoms with Crippen molar-refractivity contribution >= 4 is 15.9 Å². The number of hydrazine groups is 1. The van der Waals surface area contributed by atoms with Crippen LogP contribution in [0.2, 0.25) is 0 Å². The number of nitrogens with zero attached hydrogens (tertiary/aromatic N) is 1. The molecular formula is C10H13BrF3N3. The largest absolute Gasteiger partial charge is 0.389 e. The summed E-state index contributed by atoms with van der Waals surface area (Å²) in [7, 11) is 0. The van der Waals surface area contributed by atoms with E-state index >= 15 is 0 Å². The Kier molecular flexibility index (Phi) is 5.35. The number of halogens is 4. The number of hydrogen-bond donors (Lipinski definition) is 2. The van der Waals surface area contributed by atoms with Gasteiger partial charge in [0.2, 0.25) is 0 Å². The lowest BCUT2D eigenvalue weighted by atomic mass is 10.1. The molecule has 1 aromatic rings. The van der Waals surface area contributed by atoms with Gasteiger partial charge >= 0.3 is 6.18 Å². The van der Waals surface area contributed by atoms with Crippen LogP contribution in [0.4, 0.5) is 13.2 Å². The van der Waals surface area contributed by atoms with Crippen molar-refractivity contribution in [3.63, 3.8) is 0 Å². The molecule has 1 atom stereocenters. The number of rotatable bonds is 5. The lowest BCUT2D eigenvalue weighted by Gasteiger charge is -2.16. The lowest BCUT2D eigenvalue weighted by Crippen LogP contribution is -2.37. The SMILES string of the molecule is NNC(CCC(F)(F)F)Cc1ccc(Br)cn1. The molecule has 0 bridgehead atoms. The minimum Gasteiger partial charge on any atom is -0.271 e. The van der Waals surface area contributed by atoms with Gasteiger partial charge in [0.15, 0.2) is 0 Å². The van der Waals surface area contributed by atoms with Crippen LogP contribution in [0.1, 0.15) is 18.5 Å². The number of aromatic nitrogens is 1. The first kappa shape index (κ1) is 14.4. The minimum atomic E-state index is -4.15. The van der Waals surface area contributed by atoms with Gasteiger partial charge in [0.1, 0.15) is 0 Å². The van der Waals surface area contributed by atoms with E-state index < -0.39 is 18.6 Å². The summed E-state index contributed by atoms with van der Waals surface area (Å²) in [5.74, 6) is 5.23. The quantitative estimate of drug-likeness (QED) is 0.649. The summed E-state index contributed by atoms with van der Waals surface area (Å²) in [5, 5.41) is 0. The van der Waals surface area contributed by atoms with Gasteiger partial charge in [-0.1, -0.05) is 0 Å². The molecule has 1 unspecified atom stereocenters. The van der Waals surface area contributed by atoms with Crippen LogP contribution in [0.5, 0.6) is 0 Å². The predicted octanol–water partition coefficient (Wildman–Crippen LogP) is 2.56. The topological polar surface area (TPSA) is 50.9 Å². The molecule has 0 aromatic carbocycles. The molecule has 0 saturated heterocycles. The third-order valence-corrected chi connectivity index (χ3v) is 2.73. The number of nitrogens with one attached hydrogen (secondary N) is 1. The first-order valence-corrected chi connectivity index (χ1v) is 5.83. The Hall–Kier alpha value is -0.660. The fourth-order valence-electron chi connectivity index (χ4n) is 1.36. The van der Waals surface area contributed by atoms with Gasteiger partial charge in [-0.25, -0.2) is 0 Å². The smallest absolute Gasteiger partial charge is 0.271 e. The van der Waals surface area contributed by atoms with E-state index in [0.29, 0.717) is 12.1 Å². The molecule has 96 valence electrons. The fraction of sp³-hybridized carbons (Fsp3) is 0.500. The summed E-state index contributed by atoms with van der Waals surface area (Å²) in [6.07, 6.45) is -3.08. The molecule has 3 N–H and O–H groups in total. The van der Waals surface area contributed by atoms with Crippen molar-refractivity contribution in [1.29, 1.82) is 0 Å². The maximum atomic E-state index is 12.1. The Morgan fingerprint density at radius 2 is 2.12 bits per heavy atom. The molecule has 1 heterocycles. The van der Waals surface area contributed by atoms with E-state index in [1.807, 2.05) is 0 Å². The summed E-state index contributed by atoms with van der Waals surface area (Å²) >= 11 is 3.23. The van der Waals surface area contributed by atoms with Gasteiger partial charge in [0, 0.05) is 35.2 Å². The molecule has 17 heavy (non-hydrogen) atoms. The predicted molar refractivity (Wildman–Crippen MR) is 62.0 cm³/mol. The first-order valence-electron chi connectivity index (χ1n) is 5.04. The highest BCUT2D eigenvalue weighted by Crippen LogP contribution is 2.22. The molecule has 0 spiro atoms. The average molecular weight is 312 g/mol. The van der Waals surface area contributed by atoms with Crippen LogP contribution in [0.25, 0.3) is 0 Å².